The lowest BCUT2D eigenvalue weighted by molar-refractivity contribution is 0.0231. The van der Waals surface area contributed by atoms with Crippen LogP contribution in [0.2, 0.25) is 0 Å². The predicted octanol–water partition coefficient (Wildman–Crippen LogP) is 3.64. The molecule has 5 heteroatoms. The second-order valence-electron chi connectivity index (χ2n) is 10.7. The fourth-order valence-electron chi connectivity index (χ4n) is 5.63. The zero-order chi connectivity index (χ0) is 20.9. The van der Waals surface area contributed by atoms with E-state index in [0.717, 1.165) is 38.8 Å². The second kappa shape index (κ2) is 7.28. The van der Waals surface area contributed by atoms with E-state index in [0.29, 0.717) is 12.5 Å². The summed E-state index contributed by atoms with van der Waals surface area (Å²) in [4.78, 5) is 20.1. The van der Waals surface area contributed by atoms with Gasteiger partial charge in [-0.25, -0.2) is 4.79 Å². The summed E-state index contributed by atoms with van der Waals surface area (Å²) < 4.78 is 0. The Hall–Kier alpha value is -1.59. The van der Waals surface area contributed by atoms with Crippen LogP contribution in [-0.4, -0.2) is 65.5 Å². The Balaban J connectivity index is 1.59. The first-order valence-corrected chi connectivity index (χ1v) is 11.2. The first-order valence-electron chi connectivity index (χ1n) is 11.2. The van der Waals surface area contributed by atoms with Crippen molar-refractivity contribution < 1.29 is 4.79 Å². The van der Waals surface area contributed by atoms with Gasteiger partial charge in [0.05, 0.1) is 5.54 Å². The van der Waals surface area contributed by atoms with Crippen LogP contribution in [0.5, 0.6) is 0 Å². The zero-order valence-corrected chi connectivity index (χ0v) is 18.7. The van der Waals surface area contributed by atoms with Crippen LogP contribution in [0.1, 0.15) is 57.9 Å². The van der Waals surface area contributed by atoms with E-state index >= 15 is 0 Å². The van der Waals surface area contributed by atoms with Crippen molar-refractivity contribution in [1.29, 1.82) is 0 Å². The minimum Gasteiger partial charge on any atom is -0.324 e. The number of carbonyl (C=O) groups is 1. The van der Waals surface area contributed by atoms with E-state index < -0.39 is 0 Å². The van der Waals surface area contributed by atoms with Gasteiger partial charge in [-0.2, -0.15) is 0 Å². The molecular formula is C24H38N4O. The normalized spacial score (nSPS) is 30.6. The third kappa shape index (κ3) is 3.91. The number of urea groups is 1. The number of rotatable bonds is 6. The molecule has 1 aromatic carbocycles. The number of hydrogen-bond acceptors (Lipinski definition) is 3. The van der Waals surface area contributed by atoms with Gasteiger partial charge in [0.15, 0.2) is 0 Å². The van der Waals surface area contributed by atoms with E-state index in [1.54, 1.807) is 0 Å². The minimum atomic E-state index is -0.363. The molecule has 1 spiro atoms. The van der Waals surface area contributed by atoms with Crippen LogP contribution in [0.25, 0.3) is 0 Å². The second-order valence-corrected chi connectivity index (χ2v) is 10.7. The zero-order valence-electron chi connectivity index (χ0n) is 18.7. The molecule has 0 unspecified atom stereocenters. The van der Waals surface area contributed by atoms with Crippen LogP contribution in [0.15, 0.2) is 30.3 Å². The SMILES string of the molecule is CN(C)[C@]1(c2ccccc2)CC[C@]2(CC1)CN(CC(C)(C)N)C(=O)N2CC1CC1. The van der Waals surface area contributed by atoms with Gasteiger partial charge in [0.25, 0.3) is 0 Å². The Morgan fingerprint density at radius 3 is 2.24 bits per heavy atom. The summed E-state index contributed by atoms with van der Waals surface area (Å²) in [6.45, 7) is 6.43. The van der Waals surface area contributed by atoms with Crippen LogP contribution in [-0.2, 0) is 5.54 Å². The maximum atomic E-state index is 13.4. The van der Waals surface area contributed by atoms with E-state index in [1.807, 2.05) is 18.7 Å². The Morgan fingerprint density at radius 2 is 1.72 bits per heavy atom. The molecule has 1 aromatic rings. The van der Waals surface area contributed by atoms with Crippen molar-refractivity contribution in [3.8, 4) is 0 Å². The van der Waals surface area contributed by atoms with E-state index in [9.17, 15) is 4.79 Å². The summed E-state index contributed by atoms with van der Waals surface area (Å²) in [7, 11) is 4.41. The summed E-state index contributed by atoms with van der Waals surface area (Å²) in [6, 6.07) is 11.1. The summed E-state index contributed by atoms with van der Waals surface area (Å²) in [5, 5.41) is 0. The fraction of sp³-hybridized carbons (Fsp3) is 0.708. The number of benzene rings is 1. The number of hydrogen-bond donors (Lipinski definition) is 1. The third-order valence-corrected chi connectivity index (χ3v) is 7.47. The number of carbonyl (C=O) groups excluding carboxylic acids is 1. The van der Waals surface area contributed by atoms with Crippen molar-refractivity contribution in [3.05, 3.63) is 35.9 Å². The lowest BCUT2D eigenvalue weighted by Crippen LogP contribution is -2.55. The third-order valence-electron chi connectivity index (χ3n) is 7.47. The van der Waals surface area contributed by atoms with E-state index in [1.165, 1.54) is 18.4 Å². The Morgan fingerprint density at radius 1 is 1.10 bits per heavy atom. The van der Waals surface area contributed by atoms with Gasteiger partial charge in [0.1, 0.15) is 0 Å². The van der Waals surface area contributed by atoms with Crippen molar-refractivity contribution >= 4 is 6.03 Å². The lowest BCUT2D eigenvalue weighted by Gasteiger charge is -2.51. The quantitative estimate of drug-likeness (QED) is 0.796. The standard InChI is InChI=1S/C24H38N4O/c1-22(2,25)17-27-18-23(28(21(27)29)16-19-10-11-19)12-14-24(15-13-23,26(3)4)20-8-6-5-7-9-20/h5-9,19H,10-18,25H2,1-4H3/t23-,24+. The molecule has 3 aliphatic rings. The number of nitrogens with two attached hydrogens (primary N) is 1. The van der Waals surface area contributed by atoms with Crippen LogP contribution in [0, 0.1) is 5.92 Å². The summed E-state index contributed by atoms with van der Waals surface area (Å²) in [5.74, 6) is 0.705. The average Bonchev–Trinajstić information content (AvgIpc) is 3.45. The molecule has 2 amide bonds. The highest BCUT2D eigenvalue weighted by atomic mass is 16.2. The fourth-order valence-corrected chi connectivity index (χ4v) is 5.63. The van der Waals surface area contributed by atoms with Gasteiger partial charge >= 0.3 is 6.03 Å². The van der Waals surface area contributed by atoms with E-state index in [-0.39, 0.29) is 22.6 Å². The van der Waals surface area contributed by atoms with Crippen LogP contribution in [0.4, 0.5) is 4.79 Å². The molecule has 1 heterocycles. The summed E-state index contributed by atoms with van der Waals surface area (Å²) in [6.07, 6.45) is 6.82. The van der Waals surface area contributed by atoms with Gasteiger partial charge in [-0.3, -0.25) is 4.90 Å². The molecule has 3 fully saturated rings. The molecule has 29 heavy (non-hydrogen) atoms. The van der Waals surface area contributed by atoms with Gasteiger partial charge in [0.2, 0.25) is 0 Å². The smallest absolute Gasteiger partial charge is 0.320 e. The predicted molar refractivity (Wildman–Crippen MR) is 118 cm³/mol. The maximum Gasteiger partial charge on any atom is 0.320 e. The highest BCUT2D eigenvalue weighted by Gasteiger charge is 2.55. The summed E-state index contributed by atoms with van der Waals surface area (Å²) >= 11 is 0. The Labute approximate surface area is 176 Å². The first kappa shape index (κ1) is 20.7. The van der Waals surface area contributed by atoms with E-state index in [4.69, 9.17) is 5.73 Å². The molecule has 0 radical (unpaired) electrons. The maximum absolute atomic E-state index is 13.4. The Kier molecular flexibility index (Phi) is 5.19. The van der Waals surface area contributed by atoms with Gasteiger partial charge in [-0.15, -0.1) is 0 Å². The van der Waals surface area contributed by atoms with Gasteiger partial charge in [-0.05, 0) is 77.9 Å². The minimum absolute atomic E-state index is 0.0286. The highest BCUT2D eigenvalue weighted by molar-refractivity contribution is 5.78. The molecule has 0 aromatic heterocycles. The lowest BCUT2D eigenvalue weighted by atomic mass is 9.68. The summed E-state index contributed by atoms with van der Waals surface area (Å²) in [5.41, 5.74) is 7.36. The molecule has 1 saturated heterocycles. The molecule has 2 saturated carbocycles. The van der Waals surface area contributed by atoms with Gasteiger partial charge < -0.3 is 15.5 Å². The number of nitrogens with zero attached hydrogens (tertiary/aromatic N) is 3. The Bertz CT molecular complexity index is 727. The molecule has 160 valence electrons. The van der Waals surface area contributed by atoms with Crippen molar-refractivity contribution in [2.75, 3.05) is 33.7 Å². The molecule has 0 atom stereocenters. The highest BCUT2D eigenvalue weighted by Crippen LogP contribution is 2.50. The van der Waals surface area contributed by atoms with E-state index in [2.05, 4.69) is 54.2 Å². The molecule has 4 rings (SSSR count). The first-order chi connectivity index (χ1) is 13.7. The number of amides is 2. The average molecular weight is 399 g/mol. The molecule has 5 nitrogen and oxygen atoms in total. The van der Waals surface area contributed by atoms with Crippen molar-refractivity contribution in [1.82, 2.24) is 14.7 Å². The van der Waals surface area contributed by atoms with Gasteiger partial charge in [0, 0.05) is 30.7 Å². The molecular weight excluding hydrogens is 360 g/mol. The van der Waals surface area contributed by atoms with Crippen LogP contribution < -0.4 is 5.73 Å². The topological polar surface area (TPSA) is 52.8 Å². The molecule has 1 aliphatic heterocycles. The largest absolute Gasteiger partial charge is 0.324 e. The van der Waals surface area contributed by atoms with Crippen molar-refractivity contribution in [2.45, 2.75) is 69.0 Å². The van der Waals surface area contributed by atoms with Gasteiger partial charge in [-0.1, -0.05) is 30.3 Å². The van der Waals surface area contributed by atoms with Crippen molar-refractivity contribution in [3.63, 3.8) is 0 Å². The monoisotopic (exact) mass is 398 g/mol. The molecule has 2 N–H and O–H groups in total. The molecule has 2 aliphatic carbocycles. The molecule has 0 bridgehead atoms. The van der Waals surface area contributed by atoms with Crippen LogP contribution >= 0.6 is 0 Å². The van der Waals surface area contributed by atoms with Crippen LogP contribution in [0.3, 0.4) is 0 Å². The van der Waals surface area contributed by atoms with Crippen molar-refractivity contribution in [2.24, 2.45) is 11.7 Å².